The molecule has 0 aliphatic carbocycles. The Labute approximate surface area is 237 Å². The van der Waals surface area contributed by atoms with E-state index >= 15 is 0 Å². The van der Waals surface area contributed by atoms with Gasteiger partial charge in [0.1, 0.15) is 23.1 Å². The Morgan fingerprint density at radius 2 is 1.90 bits per heavy atom. The number of aromatic hydroxyl groups is 1. The first-order valence-electron chi connectivity index (χ1n) is 13.1. The fourth-order valence-corrected chi connectivity index (χ4v) is 5.37. The molecule has 1 amide bonds. The lowest BCUT2D eigenvalue weighted by Gasteiger charge is -2.24. The van der Waals surface area contributed by atoms with E-state index in [1.807, 2.05) is 6.92 Å². The van der Waals surface area contributed by atoms with Gasteiger partial charge >= 0.3 is 0 Å². The number of carbonyl (C=O) groups excluding carboxylic acids is 1. The lowest BCUT2D eigenvalue weighted by atomic mass is 10.0. The van der Waals surface area contributed by atoms with E-state index in [-0.39, 0.29) is 47.3 Å². The van der Waals surface area contributed by atoms with Crippen molar-refractivity contribution in [2.45, 2.75) is 45.2 Å². The van der Waals surface area contributed by atoms with Crippen LogP contribution in [0.1, 0.15) is 60.3 Å². The smallest absolute Gasteiger partial charge is 0.271 e. The lowest BCUT2D eigenvalue weighted by Crippen LogP contribution is -2.38. The first-order chi connectivity index (χ1) is 19.6. The van der Waals surface area contributed by atoms with Gasteiger partial charge in [-0.05, 0) is 49.6 Å². The van der Waals surface area contributed by atoms with Crippen LogP contribution >= 0.6 is 11.6 Å². The Morgan fingerprint density at radius 3 is 2.54 bits per heavy atom. The number of aryl methyl sites for hydroxylation is 1. The molecule has 1 aromatic carbocycles. The SMILES string of the molecule is CCC(c1cc(F)cc(F)c1)n1c(-c2ccn(CC)n2)nc(O)c(C(=O)N2CCC(c3ncc(Cl)cc3F)C2)c1=O. The highest BCUT2D eigenvalue weighted by atomic mass is 35.5. The number of carbonyl (C=O) groups is 1. The summed E-state index contributed by atoms with van der Waals surface area (Å²) in [6, 6.07) is 4.69. The number of halogens is 4. The van der Waals surface area contributed by atoms with Crippen molar-refractivity contribution >= 4 is 17.5 Å². The van der Waals surface area contributed by atoms with E-state index in [1.54, 1.807) is 23.9 Å². The molecule has 4 aromatic rings. The van der Waals surface area contributed by atoms with Gasteiger partial charge in [0, 0.05) is 44.0 Å². The summed E-state index contributed by atoms with van der Waals surface area (Å²) in [5.74, 6) is -4.42. The number of pyridine rings is 1. The van der Waals surface area contributed by atoms with Gasteiger partial charge in [0.15, 0.2) is 11.4 Å². The van der Waals surface area contributed by atoms with Crippen LogP contribution in [-0.2, 0) is 6.54 Å². The first-order valence-corrected chi connectivity index (χ1v) is 13.4. The summed E-state index contributed by atoms with van der Waals surface area (Å²) < 4.78 is 45.7. The number of nitrogens with zero attached hydrogens (tertiary/aromatic N) is 6. The number of hydrogen-bond acceptors (Lipinski definition) is 6. The van der Waals surface area contributed by atoms with Gasteiger partial charge in [0.05, 0.1) is 16.8 Å². The molecule has 1 fully saturated rings. The molecule has 9 nitrogen and oxygen atoms in total. The van der Waals surface area contributed by atoms with Crippen LogP contribution in [-0.4, -0.2) is 53.3 Å². The molecule has 0 spiro atoms. The van der Waals surface area contributed by atoms with Crippen LogP contribution in [0.4, 0.5) is 13.2 Å². The molecule has 1 N–H and O–H groups in total. The molecule has 2 unspecified atom stereocenters. The van der Waals surface area contributed by atoms with E-state index in [9.17, 15) is 27.9 Å². The van der Waals surface area contributed by atoms with Crippen molar-refractivity contribution in [2.24, 2.45) is 0 Å². The first kappa shape index (κ1) is 28.3. The van der Waals surface area contributed by atoms with Gasteiger partial charge in [-0.3, -0.25) is 23.8 Å². The average molecular weight is 587 g/mol. The van der Waals surface area contributed by atoms with Crippen molar-refractivity contribution in [3.8, 4) is 17.4 Å². The van der Waals surface area contributed by atoms with E-state index in [1.165, 1.54) is 11.1 Å². The summed E-state index contributed by atoms with van der Waals surface area (Å²) in [4.78, 5) is 37.3. The van der Waals surface area contributed by atoms with Crippen molar-refractivity contribution in [3.63, 3.8) is 0 Å². The maximum absolute atomic E-state index is 14.5. The predicted molar refractivity (Wildman–Crippen MR) is 144 cm³/mol. The number of rotatable bonds is 7. The van der Waals surface area contributed by atoms with E-state index in [2.05, 4.69) is 15.1 Å². The molecular weight excluding hydrogens is 561 g/mol. The minimum atomic E-state index is -0.951. The third-order valence-electron chi connectivity index (χ3n) is 7.17. The summed E-state index contributed by atoms with van der Waals surface area (Å²) in [6.07, 6.45) is 3.53. The zero-order valence-electron chi connectivity index (χ0n) is 22.2. The highest BCUT2D eigenvalue weighted by Crippen LogP contribution is 2.32. The quantitative estimate of drug-likeness (QED) is 0.329. The fraction of sp³-hybridized carbons (Fsp3) is 0.321. The number of benzene rings is 1. The monoisotopic (exact) mass is 586 g/mol. The number of hydrogen-bond donors (Lipinski definition) is 1. The summed E-state index contributed by atoms with van der Waals surface area (Å²) in [5.41, 5.74) is -1.01. The van der Waals surface area contributed by atoms with Gasteiger partial charge in [0.25, 0.3) is 11.5 Å². The van der Waals surface area contributed by atoms with E-state index in [0.29, 0.717) is 13.0 Å². The molecule has 0 bridgehead atoms. The van der Waals surface area contributed by atoms with E-state index in [0.717, 1.165) is 28.8 Å². The second kappa shape index (κ2) is 11.4. The number of aromatic nitrogens is 5. The Balaban J connectivity index is 1.60. The molecule has 0 saturated carbocycles. The average Bonchev–Trinajstić information content (AvgIpc) is 3.60. The van der Waals surface area contributed by atoms with Gasteiger partial charge in [-0.1, -0.05) is 18.5 Å². The minimum absolute atomic E-state index is 0.0399. The van der Waals surface area contributed by atoms with Crippen LogP contribution in [0.25, 0.3) is 11.5 Å². The highest BCUT2D eigenvalue weighted by Gasteiger charge is 2.35. The molecule has 3 aromatic heterocycles. The van der Waals surface area contributed by atoms with Crippen molar-refractivity contribution in [1.82, 2.24) is 29.2 Å². The standard InChI is InChI=1S/C28H26ClF3N6O3/c1-3-22(16-9-18(30)12-19(31)10-16)38-25(21-6-8-37(4-2)35-21)34-26(39)23(28(38)41)27(40)36-7-5-15(14-36)24-20(32)11-17(29)13-33-24/h6,8-13,15,22,39H,3-5,7,14H2,1-2H3. The van der Waals surface area contributed by atoms with Crippen LogP contribution in [0.5, 0.6) is 5.88 Å². The van der Waals surface area contributed by atoms with Gasteiger partial charge in [0.2, 0.25) is 5.88 Å². The second-order valence-corrected chi connectivity index (χ2v) is 10.2. The zero-order chi connectivity index (χ0) is 29.4. The van der Waals surface area contributed by atoms with Gasteiger partial charge < -0.3 is 10.0 Å². The third kappa shape index (κ3) is 5.43. The molecular formula is C28H26ClF3N6O3. The topological polar surface area (TPSA) is 106 Å². The van der Waals surface area contributed by atoms with Crippen molar-refractivity contribution in [2.75, 3.05) is 13.1 Å². The van der Waals surface area contributed by atoms with Crippen molar-refractivity contribution in [1.29, 1.82) is 0 Å². The molecule has 13 heteroatoms. The predicted octanol–water partition coefficient (Wildman–Crippen LogP) is 4.93. The third-order valence-corrected chi connectivity index (χ3v) is 7.38. The summed E-state index contributed by atoms with van der Waals surface area (Å²) in [6.45, 7) is 4.29. The largest absolute Gasteiger partial charge is 0.493 e. The van der Waals surface area contributed by atoms with Gasteiger partial charge in [-0.25, -0.2) is 13.2 Å². The summed E-state index contributed by atoms with van der Waals surface area (Å²) in [7, 11) is 0. The van der Waals surface area contributed by atoms with E-state index < -0.39 is 52.3 Å². The molecule has 41 heavy (non-hydrogen) atoms. The zero-order valence-corrected chi connectivity index (χ0v) is 22.9. The van der Waals surface area contributed by atoms with Crippen LogP contribution in [0, 0.1) is 17.5 Å². The number of likely N-dealkylation sites (tertiary alicyclic amines) is 1. The lowest BCUT2D eigenvalue weighted by molar-refractivity contribution is 0.0783. The Kier molecular flexibility index (Phi) is 7.85. The Morgan fingerprint density at radius 1 is 1.17 bits per heavy atom. The maximum Gasteiger partial charge on any atom is 0.271 e. The summed E-state index contributed by atoms with van der Waals surface area (Å²) >= 11 is 5.81. The van der Waals surface area contributed by atoms with Crippen LogP contribution in [0.15, 0.2) is 47.5 Å². The van der Waals surface area contributed by atoms with E-state index in [4.69, 9.17) is 11.6 Å². The Bertz CT molecular complexity index is 1670. The minimum Gasteiger partial charge on any atom is -0.493 e. The van der Waals surface area contributed by atoms with Crippen molar-refractivity contribution < 1.29 is 23.1 Å². The molecule has 0 radical (unpaired) electrons. The Hall–Kier alpha value is -4.19. The number of amides is 1. The van der Waals surface area contributed by atoms with Crippen LogP contribution in [0.2, 0.25) is 5.02 Å². The molecule has 1 aliphatic rings. The summed E-state index contributed by atoms with van der Waals surface area (Å²) in [5, 5.41) is 15.4. The second-order valence-electron chi connectivity index (χ2n) is 9.75. The molecule has 1 aliphatic heterocycles. The molecule has 214 valence electrons. The van der Waals surface area contributed by atoms with Crippen molar-refractivity contribution in [3.05, 3.63) is 92.4 Å². The molecule has 1 saturated heterocycles. The fourth-order valence-electron chi connectivity index (χ4n) is 5.22. The molecule has 5 rings (SSSR count). The molecule has 2 atom stereocenters. The van der Waals surface area contributed by atoms with Gasteiger partial charge in [-0.2, -0.15) is 10.1 Å². The normalized spacial score (nSPS) is 15.9. The maximum atomic E-state index is 14.5. The molecule has 4 heterocycles. The van der Waals surface area contributed by atoms with Crippen LogP contribution < -0.4 is 5.56 Å². The highest BCUT2D eigenvalue weighted by molar-refractivity contribution is 6.30. The van der Waals surface area contributed by atoms with Gasteiger partial charge in [-0.15, -0.1) is 0 Å². The van der Waals surface area contributed by atoms with Crippen LogP contribution in [0.3, 0.4) is 0 Å².